The second-order valence-corrected chi connectivity index (χ2v) is 36.8. The molecule has 6 aromatic rings. The van der Waals surface area contributed by atoms with Crippen LogP contribution >= 0.6 is 11.6 Å². The number of anilines is 1. The molecule has 3 heterocycles. The van der Waals surface area contributed by atoms with Crippen LogP contribution in [-0.2, 0) is 64.4 Å². The summed E-state index contributed by atoms with van der Waals surface area (Å²) >= 11 is 6.45. The highest BCUT2D eigenvalue weighted by Crippen LogP contribution is 2.62. The standard InChI is InChI=1S/C78H94ClN7O14S4/c1-51-44-58(26-31-64(51)79)68-47-65(73(88)82-74-75(2,3)59-36-37-78(74,8)48-59)83-86(68)50-53-20-18-52(19-21-53)49-80-38-11-9-10-12-39-81-72(87)57-24-22-56(23-25-57)71-54(27-34-69-76(4,5)62-45-60(103(95,96)97)29-32-66(62)84(69)40-14-42-101(89,90)91)16-13-17-55(71)28-35-70-77(6,7)63-46-61(104(98,99)100)30-33-67(63)85(70)41-15-43-102(92,93)94/h18-35,44-47,59,74,80H,9-17,36-43,48-50H2,1-8H3,(H5-,81,82,87,88,89,90,91,92,93,94,95,96,97,98,99,100)/t59-,74?,78+/m0/s1. The molecule has 0 saturated heterocycles. The molecule has 0 radical (unpaired) electrons. The molecule has 6 N–H and O–H groups in total. The summed E-state index contributed by atoms with van der Waals surface area (Å²) in [5.74, 6) is -0.962. The van der Waals surface area contributed by atoms with Crippen LogP contribution in [0.25, 0.3) is 16.8 Å². The number of halogens is 1. The van der Waals surface area contributed by atoms with Crippen LogP contribution in [0.2, 0.25) is 5.02 Å². The van der Waals surface area contributed by atoms with Crippen molar-refractivity contribution >= 4 is 86.5 Å². The fourth-order valence-corrected chi connectivity index (χ4v) is 18.6. The van der Waals surface area contributed by atoms with Gasteiger partial charge in [0.15, 0.2) is 11.4 Å². The van der Waals surface area contributed by atoms with Crippen LogP contribution in [-0.4, -0.2) is 127 Å². The molecule has 11 rings (SSSR count). The first kappa shape index (κ1) is 77.7. The number of allylic oxidation sites excluding steroid dienone is 8. The van der Waals surface area contributed by atoms with Gasteiger partial charge in [-0.2, -0.15) is 34.9 Å². The van der Waals surface area contributed by atoms with E-state index in [9.17, 15) is 61.5 Å². The Balaban J connectivity index is 0.755. The van der Waals surface area contributed by atoms with Gasteiger partial charge in [-0.15, -0.1) is 0 Å². The number of amides is 2. The van der Waals surface area contributed by atoms with Crippen molar-refractivity contribution in [3.8, 4) is 11.3 Å². The Bertz CT molecular complexity index is 4980. The molecule has 2 fully saturated rings. The summed E-state index contributed by atoms with van der Waals surface area (Å²) in [6.07, 6.45) is 16.6. The van der Waals surface area contributed by atoms with Crippen molar-refractivity contribution < 1.29 is 66.0 Å². The van der Waals surface area contributed by atoms with Crippen molar-refractivity contribution in [2.24, 2.45) is 16.7 Å². The van der Waals surface area contributed by atoms with Gasteiger partial charge in [-0.05, 0) is 213 Å². The molecule has 2 amide bonds. The van der Waals surface area contributed by atoms with E-state index < -0.39 is 62.8 Å². The third-order valence-electron chi connectivity index (χ3n) is 22.0. The number of hydrogen-bond acceptors (Lipinski definition) is 14. The number of benzene rings is 5. The zero-order chi connectivity index (χ0) is 75.1. The molecule has 3 atom stereocenters. The fourth-order valence-electron chi connectivity index (χ4n) is 16.4. The maximum atomic E-state index is 14.0. The van der Waals surface area contributed by atoms with Gasteiger partial charge in [-0.25, -0.2) is 8.42 Å². The van der Waals surface area contributed by atoms with Gasteiger partial charge in [-0.3, -0.25) is 27.9 Å². The average molecular weight is 1520 g/mol. The normalized spacial score (nSPS) is 20.7. The van der Waals surface area contributed by atoms with Gasteiger partial charge < -0.3 is 25.4 Å². The molecule has 26 heteroatoms. The number of aryl methyl sites for hydroxylation is 1. The molecular weight excluding hydrogens is 1420 g/mol. The van der Waals surface area contributed by atoms with Crippen molar-refractivity contribution in [2.45, 2.75) is 172 Å². The Hall–Kier alpha value is -7.43. The van der Waals surface area contributed by atoms with Crippen LogP contribution in [0.4, 0.5) is 11.4 Å². The Morgan fingerprint density at radius 3 is 2.02 bits per heavy atom. The lowest BCUT2D eigenvalue weighted by Gasteiger charge is -2.42. The number of unbranched alkanes of at least 4 members (excludes halogenated alkanes) is 3. The third kappa shape index (κ3) is 17.3. The van der Waals surface area contributed by atoms with E-state index in [1.807, 2.05) is 109 Å². The molecule has 5 aliphatic rings. The molecule has 1 unspecified atom stereocenters. The lowest BCUT2D eigenvalue weighted by molar-refractivity contribution is -0.437. The van der Waals surface area contributed by atoms with E-state index in [0.29, 0.717) is 95.0 Å². The van der Waals surface area contributed by atoms with Crippen molar-refractivity contribution in [1.29, 1.82) is 0 Å². The van der Waals surface area contributed by atoms with Crippen LogP contribution in [0.3, 0.4) is 0 Å². The molecular formula is C78H94ClN7O14S4. The third-order valence-corrected chi connectivity index (χ3v) is 25.7. The first-order valence-corrected chi connectivity index (χ1v) is 42.0. The number of nitrogens with one attached hydrogen (secondary N) is 3. The molecule has 2 saturated carbocycles. The van der Waals surface area contributed by atoms with Gasteiger partial charge in [0.2, 0.25) is 5.69 Å². The summed E-state index contributed by atoms with van der Waals surface area (Å²) in [6.45, 7) is 19.1. The minimum Gasteiger partial charge on any atom is -0.748 e. The quantitative estimate of drug-likeness (QED) is 0.0144. The predicted octanol–water partition coefficient (Wildman–Crippen LogP) is 13.5. The fraction of sp³-hybridized carbons (Fsp3) is 0.436. The second kappa shape index (κ2) is 30.4. The lowest BCUT2D eigenvalue weighted by atomic mass is 9.68. The lowest BCUT2D eigenvalue weighted by Crippen LogP contribution is -2.52. The predicted molar refractivity (Wildman–Crippen MR) is 404 cm³/mol. The molecule has 0 spiro atoms. The summed E-state index contributed by atoms with van der Waals surface area (Å²) in [6, 6.07) is 32.0. The van der Waals surface area contributed by atoms with Gasteiger partial charge in [-0.1, -0.05) is 114 Å². The summed E-state index contributed by atoms with van der Waals surface area (Å²) < 4.78 is 143. The van der Waals surface area contributed by atoms with E-state index in [1.54, 1.807) is 24.3 Å². The summed E-state index contributed by atoms with van der Waals surface area (Å²) in [5.41, 5.74) is 11.0. The molecule has 21 nitrogen and oxygen atoms in total. The SMILES string of the molecule is Cc1cc(-c2cc(C(=O)NC3C(C)(C)[C@H]4CC[C@]3(C)C4)nn2Cc2ccc(CNCCCCCCNC(=O)c3ccc(C4=C(/C=C/C5=[N+](CCCS(=O)(=O)[O-])c6ccc(S(=O)(=O)O)cc6C5(C)C)CCC/C4=C\C=C4\N(CCCS(=O)(=O)O)c5ccc(S(=O)(=O)O)cc5C4(C)C)cc3)cc2)ccc1Cl. The van der Waals surface area contributed by atoms with Gasteiger partial charge in [0.1, 0.15) is 6.54 Å². The molecule has 5 aromatic carbocycles. The summed E-state index contributed by atoms with van der Waals surface area (Å²) in [4.78, 5) is 29.1. The first-order chi connectivity index (χ1) is 48.8. The van der Waals surface area contributed by atoms with Crippen LogP contribution in [0.5, 0.6) is 0 Å². The topological polar surface area (TPSA) is 315 Å². The first-order valence-electron chi connectivity index (χ1n) is 35.5. The molecule has 3 aliphatic carbocycles. The maximum absolute atomic E-state index is 14.0. The number of fused-ring (bicyclic) bond motifs is 4. The summed E-state index contributed by atoms with van der Waals surface area (Å²) in [5, 5.41) is 15.7. The van der Waals surface area contributed by atoms with Crippen LogP contribution in [0.15, 0.2) is 160 Å². The van der Waals surface area contributed by atoms with Gasteiger partial charge >= 0.3 is 0 Å². The zero-order valence-corrected chi connectivity index (χ0v) is 64.2. The molecule has 2 aliphatic heterocycles. The van der Waals surface area contributed by atoms with Crippen LogP contribution < -0.4 is 20.9 Å². The Labute approximate surface area is 617 Å². The van der Waals surface area contributed by atoms with Gasteiger partial charge in [0, 0.05) is 88.5 Å². The number of hydrogen-bond donors (Lipinski definition) is 6. The minimum absolute atomic E-state index is 0.00545. The minimum atomic E-state index is -4.61. The van der Waals surface area contributed by atoms with Crippen LogP contribution in [0.1, 0.15) is 180 Å². The van der Waals surface area contributed by atoms with Crippen molar-refractivity contribution in [1.82, 2.24) is 25.7 Å². The van der Waals surface area contributed by atoms with E-state index in [4.69, 9.17) is 16.7 Å². The Morgan fingerprint density at radius 2 is 1.37 bits per heavy atom. The van der Waals surface area contributed by atoms with E-state index >= 15 is 0 Å². The number of carbonyl (C=O) groups excluding carboxylic acids is 2. The van der Waals surface area contributed by atoms with E-state index in [2.05, 4.69) is 61.0 Å². The maximum Gasteiger partial charge on any atom is 0.294 e. The number of carbonyl (C=O) groups is 2. The van der Waals surface area contributed by atoms with E-state index in [0.717, 1.165) is 95.3 Å². The number of nitrogens with zero attached hydrogens (tertiary/aromatic N) is 4. The van der Waals surface area contributed by atoms with Crippen LogP contribution in [0, 0.1) is 23.7 Å². The average Bonchev–Trinajstić information content (AvgIpc) is 1.59. The van der Waals surface area contributed by atoms with Crippen molar-refractivity contribution in [3.63, 3.8) is 0 Å². The number of rotatable bonds is 29. The molecule has 104 heavy (non-hydrogen) atoms. The monoisotopic (exact) mass is 1520 g/mol. The largest absolute Gasteiger partial charge is 0.748 e. The van der Waals surface area contributed by atoms with Crippen molar-refractivity contribution in [2.75, 3.05) is 42.6 Å². The number of aromatic nitrogens is 2. The smallest absolute Gasteiger partial charge is 0.294 e. The second-order valence-electron chi connectivity index (χ2n) is 30.4. The highest BCUT2D eigenvalue weighted by atomic mass is 35.5. The van der Waals surface area contributed by atoms with E-state index in [1.165, 1.54) is 30.7 Å². The molecule has 556 valence electrons. The Morgan fingerprint density at radius 1 is 0.702 bits per heavy atom. The Kier molecular flexibility index (Phi) is 22.7. The van der Waals surface area contributed by atoms with Gasteiger partial charge in [0.05, 0.1) is 43.3 Å². The van der Waals surface area contributed by atoms with Gasteiger partial charge in [0.25, 0.3) is 42.2 Å². The highest BCUT2D eigenvalue weighted by Gasteiger charge is 2.60. The van der Waals surface area contributed by atoms with Crippen molar-refractivity contribution in [3.05, 3.63) is 200 Å². The highest BCUT2D eigenvalue weighted by molar-refractivity contribution is 7.86. The zero-order valence-electron chi connectivity index (χ0n) is 60.1. The summed E-state index contributed by atoms with van der Waals surface area (Å²) in [7, 11) is -18.1. The molecule has 1 aromatic heterocycles. The van der Waals surface area contributed by atoms with E-state index in [-0.39, 0.29) is 64.4 Å². The molecule has 2 bridgehead atoms.